The summed E-state index contributed by atoms with van der Waals surface area (Å²) in [5.74, 6) is -0.167. The molecule has 0 radical (unpaired) electrons. The molecule has 0 aliphatic rings. The molecule has 0 saturated carbocycles. The molecule has 0 spiro atoms. The van der Waals surface area contributed by atoms with Crippen molar-refractivity contribution in [3.63, 3.8) is 0 Å². The molecule has 0 saturated heterocycles. The Bertz CT molecular complexity index is 892. The fraction of sp³-hybridized carbons (Fsp3) is 0.105. The van der Waals surface area contributed by atoms with E-state index in [1.54, 1.807) is 24.3 Å². The molecule has 1 amide bonds. The summed E-state index contributed by atoms with van der Waals surface area (Å²) in [5, 5.41) is 13.8. The van der Waals surface area contributed by atoms with Crippen molar-refractivity contribution in [1.29, 1.82) is 0 Å². The zero-order valence-corrected chi connectivity index (χ0v) is 13.9. The minimum atomic E-state index is -0.325. The molecular weight excluding hydrogens is 319 g/mol. The molecule has 3 aromatic rings. The van der Waals surface area contributed by atoms with Crippen LogP contribution in [0.2, 0.25) is 0 Å². The van der Waals surface area contributed by atoms with Crippen LogP contribution in [0, 0.1) is 19.7 Å². The molecule has 25 heavy (non-hydrogen) atoms. The number of nitrogens with one attached hydrogen (secondary N) is 2. The van der Waals surface area contributed by atoms with Crippen molar-refractivity contribution in [3.8, 4) is 0 Å². The minimum Gasteiger partial charge on any atom is -0.339 e. The van der Waals surface area contributed by atoms with Crippen LogP contribution in [-0.2, 0) is 0 Å². The molecule has 6 heteroatoms. The van der Waals surface area contributed by atoms with Gasteiger partial charge in [0.2, 0.25) is 0 Å². The maximum absolute atomic E-state index is 12.9. The van der Waals surface area contributed by atoms with E-state index in [4.69, 9.17) is 0 Å². The Balaban J connectivity index is 1.70. The number of carbonyl (C=O) groups excluding carboxylic acids is 1. The van der Waals surface area contributed by atoms with Crippen molar-refractivity contribution in [2.45, 2.75) is 13.8 Å². The molecule has 1 aromatic heterocycles. The Morgan fingerprint density at radius 1 is 0.960 bits per heavy atom. The number of anilines is 3. The van der Waals surface area contributed by atoms with Crippen LogP contribution in [0.25, 0.3) is 0 Å². The third-order valence-corrected chi connectivity index (χ3v) is 3.87. The van der Waals surface area contributed by atoms with Gasteiger partial charge in [0.25, 0.3) is 5.91 Å². The van der Waals surface area contributed by atoms with Gasteiger partial charge in [-0.05, 0) is 67.4 Å². The first-order valence-corrected chi connectivity index (χ1v) is 7.77. The standard InChI is InChI=1S/C19H17FN4O/c1-12-4-3-5-16(13(12)2)22-19(25)17-10-11-18(24-23-17)21-15-8-6-14(20)7-9-15/h3-11H,1-2H3,(H,21,24)(H,22,25). The molecule has 0 unspecified atom stereocenters. The first-order chi connectivity index (χ1) is 12.0. The lowest BCUT2D eigenvalue weighted by atomic mass is 10.1. The molecule has 0 fully saturated rings. The second-order valence-corrected chi connectivity index (χ2v) is 5.64. The summed E-state index contributed by atoms with van der Waals surface area (Å²) in [6.45, 7) is 3.94. The molecular formula is C19H17FN4O. The van der Waals surface area contributed by atoms with Crippen LogP contribution in [-0.4, -0.2) is 16.1 Å². The summed E-state index contributed by atoms with van der Waals surface area (Å²) in [5.41, 5.74) is 3.76. The normalized spacial score (nSPS) is 10.4. The lowest BCUT2D eigenvalue weighted by Gasteiger charge is -2.10. The number of aryl methyl sites for hydroxylation is 1. The minimum absolute atomic E-state index is 0.213. The summed E-state index contributed by atoms with van der Waals surface area (Å²) in [6.07, 6.45) is 0. The maximum Gasteiger partial charge on any atom is 0.276 e. The zero-order valence-electron chi connectivity index (χ0n) is 13.9. The van der Waals surface area contributed by atoms with E-state index < -0.39 is 0 Å². The van der Waals surface area contributed by atoms with Crippen LogP contribution >= 0.6 is 0 Å². The SMILES string of the molecule is Cc1cccc(NC(=O)c2ccc(Nc3ccc(F)cc3)nn2)c1C. The van der Waals surface area contributed by atoms with Gasteiger partial charge >= 0.3 is 0 Å². The summed E-state index contributed by atoms with van der Waals surface area (Å²) in [6, 6.07) is 14.8. The molecule has 3 rings (SSSR count). The number of rotatable bonds is 4. The van der Waals surface area contributed by atoms with E-state index in [-0.39, 0.29) is 17.4 Å². The Morgan fingerprint density at radius 3 is 2.40 bits per heavy atom. The van der Waals surface area contributed by atoms with Crippen LogP contribution in [0.4, 0.5) is 21.6 Å². The topological polar surface area (TPSA) is 66.9 Å². The zero-order chi connectivity index (χ0) is 17.8. The van der Waals surface area contributed by atoms with Gasteiger partial charge in [-0.15, -0.1) is 10.2 Å². The summed E-state index contributed by atoms with van der Waals surface area (Å²) >= 11 is 0. The number of amides is 1. The molecule has 5 nitrogen and oxygen atoms in total. The van der Waals surface area contributed by atoms with Crippen molar-refractivity contribution in [3.05, 3.63) is 77.2 Å². The van der Waals surface area contributed by atoms with Gasteiger partial charge in [-0.1, -0.05) is 12.1 Å². The first kappa shape index (κ1) is 16.6. The second kappa shape index (κ2) is 7.09. The molecule has 2 N–H and O–H groups in total. The average Bonchev–Trinajstić information content (AvgIpc) is 2.61. The first-order valence-electron chi connectivity index (χ1n) is 7.77. The Kier molecular flexibility index (Phi) is 4.70. The molecule has 0 aliphatic heterocycles. The molecule has 2 aromatic carbocycles. The van der Waals surface area contributed by atoms with Gasteiger partial charge in [0.15, 0.2) is 11.5 Å². The third kappa shape index (κ3) is 3.98. The van der Waals surface area contributed by atoms with Crippen LogP contribution in [0.1, 0.15) is 21.6 Å². The van der Waals surface area contributed by atoms with Crippen LogP contribution < -0.4 is 10.6 Å². The summed E-state index contributed by atoms with van der Waals surface area (Å²) < 4.78 is 12.9. The molecule has 0 bridgehead atoms. The largest absolute Gasteiger partial charge is 0.339 e. The molecule has 1 heterocycles. The van der Waals surface area contributed by atoms with Crippen LogP contribution in [0.15, 0.2) is 54.6 Å². The van der Waals surface area contributed by atoms with Crippen molar-refractivity contribution >= 4 is 23.1 Å². The number of carbonyl (C=O) groups is 1. The number of halogens is 1. The lowest BCUT2D eigenvalue weighted by molar-refractivity contribution is 0.102. The van der Waals surface area contributed by atoms with Crippen LogP contribution in [0.5, 0.6) is 0 Å². The predicted octanol–water partition coefficient (Wildman–Crippen LogP) is 4.23. The van der Waals surface area contributed by atoms with Gasteiger partial charge < -0.3 is 10.6 Å². The van der Waals surface area contributed by atoms with Gasteiger partial charge in [0.05, 0.1) is 0 Å². The lowest BCUT2D eigenvalue weighted by Crippen LogP contribution is -2.15. The molecule has 126 valence electrons. The number of nitrogens with zero attached hydrogens (tertiary/aromatic N) is 2. The van der Waals surface area contributed by atoms with E-state index in [2.05, 4.69) is 20.8 Å². The summed E-state index contributed by atoms with van der Waals surface area (Å²) in [7, 11) is 0. The number of aromatic nitrogens is 2. The van der Waals surface area contributed by atoms with E-state index >= 15 is 0 Å². The highest BCUT2D eigenvalue weighted by Gasteiger charge is 2.11. The van der Waals surface area contributed by atoms with E-state index in [9.17, 15) is 9.18 Å². The fourth-order valence-corrected chi connectivity index (χ4v) is 2.27. The average molecular weight is 336 g/mol. The van der Waals surface area contributed by atoms with Crippen molar-refractivity contribution in [2.24, 2.45) is 0 Å². The third-order valence-electron chi connectivity index (χ3n) is 3.87. The van der Waals surface area contributed by atoms with Crippen molar-refractivity contribution in [1.82, 2.24) is 10.2 Å². The maximum atomic E-state index is 12.9. The van der Waals surface area contributed by atoms with Crippen LogP contribution in [0.3, 0.4) is 0 Å². The number of hydrogen-bond acceptors (Lipinski definition) is 4. The smallest absolute Gasteiger partial charge is 0.276 e. The van der Waals surface area contributed by atoms with Gasteiger partial charge in [0, 0.05) is 11.4 Å². The van der Waals surface area contributed by atoms with Gasteiger partial charge in [-0.3, -0.25) is 4.79 Å². The monoisotopic (exact) mass is 336 g/mol. The molecule has 0 atom stereocenters. The number of hydrogen-bond donors (Lipinski definition) is 2. The molecule has 0 aliphatic carbocycles. The van der Waals surface area contributed by atoms with Gasteiger partial charge in [-0.2, -0.15) is 0 Å². The Labute approximate surface area is 144 Å². The highest BCUT2D eigenvalue weighted by Crippen LogP contribution is 2.19. The fourth-order valence-electron chi connectivity index (χ4n) is 2.27. The van der Waals surface area contributed by atoms with E-state index in [1.807, 2.05) is 32.0 Å². The Hall–Kier alpha value is -3.28. The Morgan fingerprint density at radius 2 is 1.72 bits per heavy atom. The highest BCUT2D eigenvalue weighted by molar-refractivity contribution is 6.03. The van der Waals surface area contributed by atoms with E-state index in [0.29, 0.717) is 11.5 Å². The van der Waals surface area contributed by atoms with E-state index in [0.717, 1.165) is 16.8 Å². The van der Waals surface area contributed by atoms with Crippen molar-refractivity contribution < 1.29 is 9.18 Å². The highest BCUT2D eigenvalue weighted by atomic mass is 19.1. The summed E-state index contributed by atoms with van der Waals surface area (Å²) in [4.78, 5) is 12.3. The van der Waals surface area contributed by atoms with E-state index in [1.165, 1.54) is 12.1 Å². The van der Waals surface area contributed by atoms with Gasteiger partial charge in [0.1, 0.15) is 5.82 Å². The number of benzene rings is 2. The predicted molar refractivity (Wildman–Crippen MR) is 95.6 cm³/mol. The van der Waals surface area contributed by atoms with Crippen molar-refractivity contribution in [2.75, 3.05) is 10.6 Å². The van der Waals surface area contributed by atoms with Gasteiger partial charge in [-0.25, -0.2) is 4.39 Å². The second-order valence-electron chi connectivity index (χ2n) is 5.64. The quantitative estimate of drug-likeness (QED) is 0.748.